The molecule has 0 aromatic carbocycles. The highest BCUT2D eigenvalue weighted by atomic mass is 16.5. The van der Waals surface area contributed by atoms with Gasteiger partial charge in [-0.25, -0.2) is 0 Å². The van der Waals surface area contributed by atoms with E-state index in [0.717, 1.165) is 12.3 Å². The molecular weight excluding hydrogens is 272 g/mol. The highest BCUT2D eigenvalue weighted by molar-refractivity contribution is 5.28. The maximum Gasteiger partial charge on any atom is 0.119 e. The summed E-state index contributed by atoms with van der Waals surface area (Å²) in [5.74, 6) is 2.81. The normalized spacial score (nSPS) is 38.8. The number of likely N-dealkylation sites (N-methyl/N-ethyl adjacent to an activating group) is 1. The molecule has 1 fully saturated rings. The van der Waals surface area contributed by atoms with E-state index in [1.54, 1.807) is 7.11 Å². The summed E-state index contributed by atoms with van der Waals surface area (Å²) in [5.41, 5.74) is 0. The Bertz CT molecular complexity index is 586. The summed E-state index contributed by atoms with van der Waals surface area (Å²) in [7, 11) is 3.97. The van der Waals surface area contributed by atoms with E-state index >= 15 is 0 Å². The molecule has 2 heterocycles. The molecule has 3 nitrogen and oxygen atoms in total. The van der Waals surface area contributed by atoms with Crippen LogP contribution in [0.5, 0.6) is 0 Å². The van der Waals surface area contributed by atoms with Crippen LogP contribution in [0.3, 0.4) is 0 Å². The van der Waals surface area contributed by atoms with Gasteiger partial charge in [0.15, 0.2) is 0 Å². The van der Waals surface area contributed by atoms with E-state index in [4.69, 9.17) is 4.74 Å². The second kappa shape index (κ2) is 5.38. The highest BCUT2D eigenvalue weighted by Crippen LogP contribution is 2.43. The lowest BCUT2D eigenvalue weighted by Crippen LogP contribution is -2.52. The summed E-state index contributed by atoms with van der Waals surface area (Å²) in [6.07, 6.45) is 21.6. The van der Waals surface area contributed by atoms with E-state index in [1.165, 1.54) is 6.42 Å². The van der Waals surface area contributed by atoms with E-state index in [0.29, 0.717) is 29.8 Å². The van der Waals surface area contributed by atoms with Crippen molar-refractivity contribution in [2.75, 3.05) is 20.7 Å². The Hall–Kier alpha value is -1.90. The number of fused-ring (bicyclic) bond motifs is 5. The SMILES string of the molecule is COC1=CC=CC2CC3C=CC=CC3C3CN(C)C=CN3C12. The predicted molar refractivity (Wildman–Crippen MR) is 88.8 cm³/mol. The van der Waals surface area contributed by atoms with Crippen molar-refractivity contribution >= 4 is 0 Å². The minimum absolute atomic E-state index is 0.331. The lowest BCUT2D eigenvalue weighted by molar-refractivity contribution is 0.0971. The largest absolute Gasteiger partial charge is 0.499 e. The van der Waals surface area contributed by atoms with Gasteiger partial charge in [0.1, 0.15) is 5.76 Å². The Morgan fingerprint density at radius 1 is 1.05 bits per heavy atom. The molecule has 4 aliphatic rings. The smallest absolute Gasteiger partial charge is 0.119 e. The van der Waals surface area contributed by atoms with E-state index < -0.39 is 0 Å². The topological polar surface area (TPSA) is 15.7 Å². The van der Waals surface area contributed by atoms with Gasteiger partial charge in [-0.15, -0.1) is 0 Å². The fourth-order valence-electron chi connectivity index (χ4n) is 4.48. The average molecular weight is 296 g/mol. The lowest BCUT2D eigenvalue weighted by atomic mass is 9.78. The van der Waals surface area contributed by atoms with E-state index in [2.05, 4.69) is 71.8 Å². The summed E-state index contributed by atoms with van der Waals surface area (Å²) >= 11 is 0. The number of allylic oxidation sites excluding steroid dienone is 5. The molecule has 0 spiro atoms. The first-order valence-corrected chi connectivity index (χ1v) is 8.21. The maximum absolute atomic E-state index is 5.73. The van der Waals surface area contributed by atoms with Crippen molar-refractivity contribution in [3.05, 3.63) is 60.7 Å². The van der Waals surface area contributed by atoms with E-state index in [1.807, 2.05) is 0 Å². The van der Waals surface area contributed by atoms with Gasteiger partial charge in [-0.3, -0.25) is 0 Å². The average Bonchev–Trinajstić information content (AvgIpc) is 2.68. The first-order valence-electron chi connectivity index (χ1n) is 8.21. The Balaban J connectivity index is 1.78. The first kappa shape index (κ1) is 13.7. The van der Waals surface area contributed by atoms with Gasteiger partial charge in [0.2, 0.25) is 0 Å². The third-order valence-corrected chi connectivity index (χ3v) is 5.51. The molecule has 2 aliphatic heterocycles. The fourth-order valence-corrected chi connectivity index (χ4v) is 4.48. The zero-order valence-corrected chi connectivity index (χ0v) is 13.3. The Labute approximate surface area is 132 Å². The fraction of sp³-hybridized carbons (Fsp3) is 0.474. The van der Waals surface area contributed by atoms with Crippen LogP contribution in [0.4, 0.5) is 0 Å². The molecular formula is C19H24N2O. The monoisotopic (exact) mass is 296 g/mol. The quantitative estimate of drug-likeness (QED) is 0.740. The molecule has 2 aliphatic carbocycles. The van der Waals surface area contributed by atoms with Crippen LogP contribution in [0, 0.1) is 17.8 Å². The predicted octanol–water partition coefficient (Wildman–Crippen LogP) is 2.92. The number of rotatable bonds is 1. The van der Waals surface area contributed by atoms with Crippen LogP contribution < -0.4 is 0 Å². The molecule has 1 saturated heterocycles. The second-order valence-electron chi connectivity index (χ2n) is 6.77. The van der Waals surface area contributed by atoms with Crippen molar-refractivity contribution in [1.82, 2.24) is 9.80 Å². The summed E-state index contributed by atoms with van der Waals surface area (Å²) in [4.78, 5) is 4.86. The summed E-state index contributed by atoms with van der Waals surface area (Å²) in [6, 6.07) is 0.832. The van der Waals surface area contributed by atoms with Crippen molar-refractivity contribution in [2.24, 2.45) is 17.8 Å². The van der Waals surface area contributed by atoms with Gasteiger partial charge in [0, 0.05) is 37.8 Å². The van der Waals surface area contributed by atoms with Gasteiger partial charge in [0.05, 0.1) is 19.2 Å². The van der Waals surface area contributed by atoms with Gasteiger partial charge in [-0.2, -0.15) is 0 Å². The number of methoxy groups -OCH3 is 1. The van der Waals surface area contributed by atoms with Gasteiger partial charge in [0.25, 0.3) is 0 Å². The molecule has 5 atom stereocenters. The number of hydrogen-bond acceptors (Lipinski definition) is 3. The zero-order chi connectivity index (χ0) is 15.1. The van der Waals surface area contributed by atoms with Crippen LogP contribution in [-0.4, -0.2) is 42.6 Å². The molecule has 0 aromatic heterocycles. The van der Waals surface area contributed by atoms with Crippen LogP contribution in [0.1, 0.15) is 6.42 Å². The molecule has 116 valence electrons. The van der Waals surface area contributed by atoms with Crippen LogP contribution in [0.15, 0.2) is 60.7 Å². The molecule has 3 heteroatoms. The summed E-state index contributed by atoms with van der Waals surface area (Å²) < 4.78 is 5.73. The maximum atomic E-state index is 5.73. The highest BCUT2D eigenvalue weighted by Gasteiger charge is 2.44. The first-order chi connectivity index (χ1) is 10.8. The molecule has 0 N–H and O–H groups in total. The lowest BCUT2D eigenvalue weighted by Gasteiger charge is -2.45. The minimum Gasteiger partial charge on any atom is -0.499 e. The Kier molecular flexibility index (Phi) is 3.36. The summed E-state index contributed by atoms with van der Waals surface area (Å²) in [6.45, 7) is 1.07. The molecule has 0 saturated carbocycles. The third kappa shape index (κ3) is 2.11. The number of ether oxygens (including phenoxy) is 1. The third-order valence-electron chi connectivity index (χ3n) is 5.51. The number of nitrogens with zero attached hydrogens (tertiary/aromatic N) is 2. The van der Waals surface area contributed by atoms with E-state index in [9.17, 15) is 0 Å². The van der Waals surface area contributed by atoms with Crippen molar-refractivity contribution in [3.8, 4) is 0 Å². The molecule has 22 heavy (non-hydrogen) atoms. The molecule has 0 amide bonds. The van der Waals surface area contributed by atoms with Crippen molar-refractivity contribution in [1.29, 1.82) is 0 Å². The van der Waals surface area contributed by atoms with Crippen molar-refractivity contribution < 1.29 is 4.74 Å². The van der Waals surface area contributed by atoms with E-state index in [-0.39, 0.29) is 0 Å². The Morgan fingerprint density at radius 3 is 2.73 bits per heavy atom. The molecule has 0 aromatic rings. The second-order valence-corrected chi connectivity index (χ2v) is 6.77. The van der Waals surface area contributed by atoms with Crippen molar-refractivity contribution in [3.63, 3.8) is 0 Å². The van der Waals surface area contributed by atoms with Gasteiger partial charge < -0.3 is 14.5 Å². The Morgan fingerprint density at radius 2 is 1.86 bits per heavy atom. The van der Waals surface area contributed by atoms with Gasteiger partial charge in [-0.1, -0.05) is 36.5 Å². The van der Waals surface area contributed by atoms with Crippen LogP contribution >= 0.6 is 0 Å². The van der Waals surface area contributed by atoms with Crippen LogP contribution in [-0.2, 0) is 4.74 Å². The molecule has 0 radical (unpaired) electrons. The van der Waals surface area contributed by atoms with Crippen LogP contribution in [0.2, 0.25) is 0 Å². The van der Waals surface area contributed by atoms with Gasteiger partial charge in [-0.05, 0) is 18.4 Å². The van der Waals surface area contributed by atoms with Crippen molar-refractivity contribution in [2.45, 2.75) is 18.5 Å². The molecule has 0 bridgehead atoms. The number of hydrogen-bond donors (Lipinski definition) is 0. The summed E-state index contributed by atoms with van der Waals surface area (Å²) in [5, 5.41) is 0. The molecule has 5 unspecified atom stereocenters. The minimum atomic E-state index is 0.331. The standard InChI is InChI=1S/C19H24N2O/c1-20-10-11-21-17(13-20)16-8-4-3-6-14(16)12-15-7-5-9-18(22-2)19(15)21/h3-11,14-17,19H,12-13H2,1-2H3. The van der Waals surface area contributed by atoms with Crippen LogP contribution in [0.25, 0.3) is 0 Å². The molecule has 4 rings (SSSR count). The zero-order valence-electron chi connectivity index (χ0n) is 13.3. The van der Waals surface area contributed by atoms with Gasteiger partial charge >= 0.3 is 0 Å².